The average molecular weight is 305 g/mol. The van der Waals surface area contributed by atoms with Crippen LogP contribution in [0.2, 0.25) is 0 Å². The number of amides is 1. The van der Waals surface area contributed by atoms with E-state index in [1.807, 2.05) is 0 Å². The number of nitrogens with two attached hydrogens (primary N) is 1. The number of nitrogens with one attached hydrogen (secondary N) is 1. The third-order valence-electron chi connectivity index (χ3n) is 2.79. The molecular formula is C12H11N5O3S. The lowest BCUT2D eigenvalue weighted by atomic mass is 10.3. The Kier molecular flexibility index (Phi) is 3.18. The van der Waals surface area contributed by atoms with Crippen molar-refractivity contribution in [2.75, 3.05) is 11.1 Å². The zero-order valence-corrected chi connectivity index (χ0v) is 11.8. The van der Waals surface area contributed by atoms with Crippen molar-refractivity contribution in [2.45, 2.75) is 13.5 Å². The van der Waals surface area contributed by atoms with E-state index in [2.05, 4.69) is 15.5 Å². The Hall–Kier alpha value is -2.68. The van der Waals surface area contributed by atoms with Gasteiger partial charge in [0.2, 0.25) is 11.0 Å². The summed E-state index contributed by atoms with van der Waals surface area (Å²) in [5.74, 6) is -1.04. The van der Waals surface area contributed by atoms with E-state index < -0.39 is 11.7 Å². The van der Waals surface area contributed by atoms with Crippen LogP contribution >= 0.6 is 11.3 Å². The van der Waals surface area contributed by atoms with Crippen LogP contribution in [0.25, 0.3) is 11.1 Å². The molecule has 0 unspecified atom stereocenters. The molecule has 0 fully saturated rings. The van der Waals surface area contributed by atoms with Gasteiger partial charge in [-0.1, -0.05) is 17.4 Å². The van der Waals surface area contributed by atoms with Gasteiger partial charge in [-0.25, -0.2) is 4.79 Å². The number of oxazole rings is 1. The quantitative estimate of drug-likeness (QED) is 0.697. The first kappa shape index (κ1) is 13.3. The van der Waals surface area contributed by atoms with Gasteiger partial charge in [0, 0.05) is 0 Å². The molecule has 0 aliphatic rings. The highest BCUT2D eigenvalue weighted by Gasteiger charge is 2.15. The van der Waals surface area contributed by atoms with Gasteiger partial charge < -0.3 is 10.2 Å². The molecule has 108 valence electrons. The summed E-state index contributed by atoms with van der Waals surface area (Å²) >= 11 is 1.25. The van der Waals surface area contributed by atoms with E-state index in [9.17, 15) is 9.59 Å². The summed E-state index contributed by atoms with van der Waals surface area (Å²) in [5, 5.41) is 11.3. The molecule has 3 N–H and O–H groups in total. The van der Waals surface area contributed by atoms with Crippen molar-refractivity contribution in [1.82, 2.24) is 14.8 Å². The molecule has 0 bridgehead atoms. The molecule has 0 saturated heterocycles. The second-order valence-electron chi connectivity index (χ2n) is 4.32. The van der Waals surface area contributed by atoms with Crippen LogP contribution in [0.3, 0.4) is 0 Å². The SMILES string of the molecule is Cc1nnc(NC(=O)Cn2c(=O)oc3cccc(N)c32)s1. The third kappa shape index (κ3) is 2.50. The molecule has 0 aliphatic heterocycles. The molecule has 0 spiro atoms. The molecule has 0 radical (unpaired) electrons. The summed E-state index contributed by atoms with van der Waals surface area (Å²) < 4.78 is 6.25. The number of carbonyl (C=O) groups excluding carboxylic acids is 1. The lowest BCUT2D eigenvalue weighted by molar-refractivity contribution is -0.116. The molecule has 0 aliphatic carbocycles. The van der Waals surface area contributed by atoms with E-state index in [4.69, 9.17) is 10.2 Å². The maximum atomic E-state index is 12.0. The molecule has 1 amide bonds. The summed E-state index contributed by atoms with van der Waals surface area (Å²) in [6.07, 6.45) is 0. The molecule has 9 heteroatoms. The molecule has 1 aromatic carbocycles. The van der Waals surface area contributed by atoms with Gasteiger partial charge in [0.25, 0.3) is 0 Å². The van der Waals surface area contributed by atoms with Gasteiger partial charge in [0.05, 0.1) is 5.69 Å². The number of nitrogens with zero attached hydrogens (tertiary/aromatic N) is 3. The van der Waals surface area contributed by atoms with Crippen LogP contribution in [0.15, 0.2) is 27.4 Å². The van der Waals surface area contributed by atoms with Crippen LogP contribution in [-0.4, -0.2) is 20.7 Å². The van der Waals surface area contributed by atoms with Gasteiger partial charge in [0.15, 0.2) is 5.58 Å². The Morgan fingerprint density at radius 3 is 3.00 bits per heavy atom. The number of para-hydroxylation sites is 1. The van der Waals surface area contributed by atoms with E-state index >= 15 is 0 Å². The van der Waals surface area contributed by atoms with E-state index in [1.54, 1.807) is 25.1 Å². The van der Waals surface area contributed by atoms with Crippen LogP contribution in [-0.2, 0) is 11.3 Å². The molecule has 2 aromatic heterocycles. The van der Waals surface area contributed by atoms with Crippen molar-refractivity contribution in [3.8, 4) is 0 Å². The molecule has 8 nitrogen and oxygen atoms in total. The van der Waals surface area contributed by atoms with Crippen molar-refractivity contribution < 1.29 is 9.21 Å². The highest BCUT2D eigenvalue weighted by atomic mass is 32.1. The first-order valence-electron chi connectivity index (χ1n) is 6.02. The van der Waals surface area contributed by atoms with Gasteiger partial charge in [-0.15, -0.1) is 10.2 Å². The highest BCUT2D eigenvalue weighted by Crippen LogP contribution is 2.20. The fourth-order valence-corrected chi connectivity index (χ4v) is 2.55. The number of benzene rings is 1. The molecule has 0 atom stereocenters. The highest BCUT2D eigenvalue weighted by molar-refractivity contribution is 7.15. The van der Waals surface area contributed by atoms with Gasteiger partial charge >= 0.3 is 5.76 Å². The van der Waals surface area contributed by atoms with Crippen LogP contribution in [0.4, 0.5) is 10.8 Å². The summed E-state index contributed by atoms with van der Waals surface area (Å²) in [5.41, 5.74) is 6.96. The predicted octanol–water partition coefficient (Wildman–Crippen LogP) is 0.975. The topological polar surface area (TPSA) is 116 Å². The number of fused-ring (bicyclic) bond motifs is 1. The summed E-state index contributed by atoms with van der Waals surface area (Å²) in [6, 6.07) is 4.93. The Bertz CT molecular complexity index is 879. The van der Waals surface area contributed by atoms with Crippen molar-refractivity contribution in [3.63, 3.8) is 0 Å². The molecule has 3 aromatic rings. The van der Waals surface area contributed by atoms with Crippen molar-refractivity contribution in [1.29, 1.82) is 0 Å². The molecule has 2 heterocycles. The number of nitrogen functional groups attached to an aromatic ring is 1. The van der Waals surface area contributed by atoms with Crippen LogP contribution < -0.4 is 16.8 Å². The summed E-state index contributed by atoms with van der Waals surface area (Å²) in [4.78, 5) is 23.8. The standard InChI is InChI=1S/C12H11N5O3S/c1-6-15-16-11(21-6)14-9(18)5-17-10-7(13)3-2-4-8(10)20-12(17)19/h2-4H,5,13H2,1H3,(H,14,16,18). The third-order valence-corrected chi connectivity index (χ3v) is 3.55. The summed E-state index contributed by atoms with van der Waals surface area (Å²) in [7, 11) is 0. The smallest absolute Gasteiger partial charge is 0.408 e. The van der Waals surface area contributed by atoms with Gasteiger partial charge in [0.1, 0.15) is 17.1 Å². The Labute approximate surface area is 122 Å². The minimum Gasteiger partial charge on any atom is -0.408 e. The van der Waals surface area contributed by atoms with E-state index in [-0.39, 0.29) is 6.54 Å². The number of hydrogen-bond donors (Lipinski definition) is 2. The van der Waals surface area contributed by atoms with Crippen LogP contribution in [0.5, 0.6) is 0 Å². The second kappa shape index (κ2) is 5.02. The lowest BCUT2D eigenvalue weighted by Crippen LogP contribution is -2.25. The lowest BCUT2D eigenvalue weighted by Gasteiger charge is -2.03. The van der Waals surface area contributed by atoms with Crippen molar-refractivity contribution >= 4 is 39.2 Å². The van der Waals surface area contributed by atoms with Gasteiger partial charge in [-0.2, -0.15) is 0 Å². The molecule has 3 rings (SSSR count). The van der Waals surface area contributed by atoms with E-state index in [1.165, 1.54) is 15.9 Å². The maximum Gasteiger partial charge on any atom is 0.420 e. The molecule has 0 saturated carbocycles. The monoisotopic (exact) mass is 305 g/mol. The van der Waals surface area contributed by atoms with Gasteiger partial charge in [-0.3, -0.25) is 14.7 Å². The Morgan fingerprint density at radius 2 is 2.29 bits per heavy atom. The molecule has 21 heavy (non-hydrogen) atoms. The maximum absolute atomic E-state index is 12.0. The van der Waals surface area contributed by atoms with Crippen molar-refractivity contribution in [3.05, 3.63) is 33.8 Å². The zero-order chi connectivity index (χ0) is 15.0. The first-order chi connectivity index (χ1) is 10.0. The number of carbonyl (C=O) groups is 1. The first-order valence-corrected chi connectivity index (χ1v) is 6.84. The zero-order valence-electron chi connectivity index (χ0n) is 11.0. The second-order valence-corrected chi connectivity index (χ2v) is 5.50. The largest absolute Gasteiger partial charge is 0.420 e. The number of aromatic nitrogens is 3. The number of aryl methyl sites for hydroxylation is 1. The Morgan fingerprint density at radius 1 is 1.48 bits per heavy atom. The van der Waals surface area contributed by atoms with Gasteiger partial charge in [-0.05, 0) is 19.1 Å². The van der Waals surface area contributed by atoms with Crippen LogP contribution in [0.1, 0.15) is 5.01 Å². The fraction of sp³-hybridized carbons (Fsp3) is 0.167. The Balaban J connectivity index is 1.89. The van der Waals surface area contributed by atoms with E-state index in [0.29, 0.717) is 21.9 Å². The van der Waals surface area contributed by atoms with E-state index in [0.717, 1.165) is 5.01 Å². The molecular weight excluding hydrogens is 294 g/mol. The average Bonchev–Trinajstić information content (AvgIpc) is 2.95. The van der Waals surface area contributed by atoms with Crippen LogP contribution in [0, 0.1) is 6.92 Å². The number of rotatable bonds is 3. The summed E-state index contributed by atoms with van der Waals surface area (Å²) in [6.45, 7) is 1.57. The minimum absolute atomic E-state index is 0.210. The normalized spacial score (nSPS) is 10.9. The number of anilines is 2. The predicted molar refractivity (Wildman–Crippen MR) is 78.2 cm³/mol. The fourth-order valence-electron chi connectivity index (χ4n) is 1.94. The minimum atomic E-state index is -0.633. The number of hydrogen-bond acceptors (Lipinski definition) is 7. The van der Waals surface area contributed by atoms with Crippen molar-refractivity contribution in [2.24, 2.45) is 0 Å².